The molecule has 0 saturated carbocycles. The van der Waals surface area contributed by atoms with Gasteiger partial charge in [-0.05, 0) is 11.6 Å². The second-order valence-electron chi connectivity index (χ2n) is 4.58. The number of hydrogen-bond acceptors (Lipinski definition) is 5. The van der Waals surface area contributed by atoms with Gasteiger partial charge >= 0.3 is 5.97 Å². The van der Waals surface area contributed by atoms with Gasteiger partial charge in [-0.25, -0.2) is 9.47 Å². The standard InChI is InChI=1S/C14H15N3O4/c1-9(18)15-12(14(19)21-2)7-10-8-17(16-20)13-6-4-3-5-11(10)13/h3-6,8,12H,7H2,1-2H3,(H,15,18)/t12-/m0/s1. The number of carbonyl (C=O) groups is 2. The Balaban J connectivity index is 2.38. The maximum atomic E-state index is 11.7. The van der Waals surface area contributed by atoms with Crippen molar-refractivity contribution in [2.45, 2.75) is 19.4 Å². The summed E-state index contributed by atoms with van der Waals surface area (Å²) in [7, 11) is 1.26. The lowest BCUT2D eigenvalue weighted by molar-refractivity contribution is -0.144. The molecule has 0 radical (unpaired) electrons. The minimum atomic E-state index is -0.807. The summed E-state index contributed by atoms with van der Waals surface area (Å²) in [6.45, 7) is 1.33. The van der Waals surface area contributed by atoms with Gasteiger partial charge in [-0.15, -0.1) is 4.91 Å². The molecule has 1 aromatic heterocycles. The van der Waals surface area contributed by atoms with Crippen molar-refractivity contribution in [1.29, 1.82) is 0 Å². The molecular formula is C14H15N3O4. The Kier molecular flexibility index (Phi) is 4.32. The van der Waals surface area contributed by atoms with E-state index in [1.165, 1.54) is 18.7 Å². The van der Waals surface area contributed by atoms with E-state index < -0.39 is 12.0 Å². The molecule has 0 fully saturated rings. The van der Waals surface area contributed by atoms with Gasteiger partial charge in [-0.1, -0.05) is 18.2 Å². The molecule has 0 aliphatic rings. The number of ether oxygens (including phenoxy) is 1. The molecule has 0 saturated heterocycles. The van der Waals surface area contributed by atoms with Crippen LogP contribution in [0.25, 0.3) is 10.9 Å². The van der Waals surface area contributed by atoms with Crippen LogP contribution in [0.15, 0.2) is 35.7 Å². The van der Waals surface area contributed by atoms with Crippen molar-refractivity contribution >= 4 is 22.8 Å². The summed E-state index contributed by atoms with van der Waals surface area (Å²) in [5.41, 5.74) is 1.38. The number of aromatic nitrogens is 1. The lowest BCUT2D eigenvalue weighted by Gasteiger charge is -2.14. The summed E-state index contributed by atoms with van der Waals surface area (Å²) in [4.78, 5) is 33.8. The van der Waals surface area contributed by atoms with Gasteiger partial charge in [0.15, 0.2) is 0 Å². The Bertz CT molecular complexity index is 693. The Morgan fingerprint density at radius 1 is 1.38 bits per heavy atom. The summed E-state index contributed by atoms with van der Waals surface area (Å²) < 4.78 is 5.89. The molecule has 1 N–H and O–H groups in total. The Labute approximate surface area is 120 Å². The lowest BCUT2D eigenvalue weighted by Crippen LogP contribution is -2.41. The zero-order valence-corrected chi connectivity index (χ0v) is 11.7. The van der Waals surface area contributed by atoms with Crippen molar-refractivity contribution < 1.29 is 14.3 Å². The van der Waals surface area contributed by atoms with Gasteiger partial charge in [0.25, 0.3) is 0 Å². The van der Waals surface area contributed by atoms with E-state index in [4.69, 9.17) is 0 Å². The van der Waals surface area contributed by atoms with Gasteiger partial charge in [0.2, 0.25) is 5.91 Å². The molecule has 1 amide bonds. The summed E-state index contributed by atoms with van der Waals surface area (Å²) in [5.74, 6) is -0.872. The summed E-state index contributed by atoms with van der Waals surface area (Å²) in [6, 6.07) is 6.39. The largest absolute Gasteiger partial charge is 0.467 e. The van der Waals surface area contributed by atoms with Crippen LogP contribution in [-0.2, 0) is 20.7 Å². The molecular weight excluding hydrogens is 274 g/mol. The number of benzene rings is 1. The number of carbonyl (C=O) groups excluding carboxylic acids is 2. The van der Waals surface area contributed by atoms with Crippen LogP contribution in [0.2, 0.25) is 0 Å². The predicted molar refractivity (Wildman–Crippen MR) is 76.5 cm³/mol. The van der Waals surface area contributed by atoms with E-state index in [9.17, 15) is 14.5 Å². The first-order valence-corrected chi connectivity index (χ1v) is 6.34. The second kappa shape index (κ2) is 6.17. The van der Waals surface area contributed by atoms with Gasteiger partial charge in [0.1, 0.15) is 6.04 Å². The fraction of sp³-hybridized carbons (Fsp3) is 0.286. The lowest BCUT2D eigenvalue weighted by atomic mass is 10.1. The number of para-hydroxylation sites is 1. The fourth-order valence-electron chi connectivity index (χ4n) is 2.26. The SMILES string of the molecule is COC(=O)[C@H](Cc1cn(N=O)c2ccccc12)NC(C)=O. The van der Waals surface area contributed by atoms with Crippen molar-refractivity contribution in [3.63, 3.8) is 0 Å². The summed E-state index contributed by atoms with van der Waals surface area (Å²) >= 11 is 0. The normalized spacial score (nSPS) is 11.9. The molecule has 2 rings (SSSR count). The summed E-state index contributed by atoms with van der Waals surface area (Å²) in [6.07, 6.45) is 1.77. The van der Waals surface area contributed by atoms with Crippen LogP contribution in [-0.4, -0.2) is 29.7 Å². The number of nitrogens with zero attached hydrogens (tertiary/aromatic N) is 2. The van der Waals surface area contributed by atoms with Gasteiger partial charge in [-0.2, -0.15) is 0 Å². The molecule has 110 valence electrons. The number of fused-ring (bicyclic) bond motifs is 1. The Hall–Kier alpha value is -2.70. The second-order valence-corrected chi connectivity index (χ2v) is 4.58. The first kappa shape index (κ1) is 14.7. The maximum absolute atomic E-state index is 11.7. The zero-order chi connectivity index (χ0) is 15.4. The topological polar surface area (TPSA) is 89.8 Å². The number of nitrogens with one attached hydrogen (secondary N) is 1. The van der Waals surface area contributed by atoms with E-state index in [0.29, 0.717) is 5.52 Å². The van der Waals surface area contributed by atoms with Gasteiger partial charge in [0, 0.05) is 24.9 Å². The highest BCUT2D eigenvalue weighted by Crippen LogP contribution is 2.22. The highest BCUT2D eigenvalue weighted by atomic mass is 16.5. The first-order valence-electron chi connectivity index (χ1n) is 6.34. The van der Waals surface area contributed by atoms with Crippen LogP contribution in [0, 0.1) is 4.91 Å². The number of rotatable bonds is 5. The number of amides is 1. The number of hydrogen-bond donors (Lipinski definition) is 1. The monoisotopic (exact) mass is 289 g/mol. The van der Waals surface area contributed by atoms with Crippen molar-refractivity contribution in [2.75, 3.05) is 7.11 Å². The van der Waals surface area contributed by atoms with Crippen LogP contribution in [0.3, 0.4) is 0 Å². The average Bonchev–Trinajstić information content (AvgIpc) is 2.83. The van der Waals surface area contributed by atoms with Crippen LogP contribution in [0.5, 0.6) is 0 Å². The highest BCUT2D eigenvalue weighted by Gasteiger charge is 2.22. The maximum Gasteiger partial charge on any atom is 0.328 e. The van der Waals surface area contributed by atoms with Crippen LogP contribution in [0.4, 0.5) is 0 Å². The minimum Gasteiger partial charge on any atom is -0.467 e. The minimum absolute atomic E-state index is 0.218. The molecule has 0 bridgehead atoms. The molecule has 0 spiro atoms. The molecule has 1 atom stereocenters. The van der Waals surface area contributed by atoms with Gasteiger partial charge in [0.05, 0.1) is 17.9 Å². The third-order valence-electron chi connectivity index (χ3n) is 3.15. The summed E-state index contributed by atoms with van der Waals surface area (Å²) in [5, 5.41) is 6.26. The van der Waals surface area contributed by atoms with Crippen molar-refractivity contribution in [1.82, 2.24) is 9.99 Å². The van der Waals surface area contributed by atoms with E-state index >= 15 is 0 Å². The molecule has 21 heavy (non-hydrogen) atoms. The van der Waals surface area contributed by atoms with Crippen molar-refractivity contribution in [2.24, 2.45) is 5.29 Å². The van der Waals surface area contributed by atoms with Crippen molar-refractivity contribution in [3.05, 3.63) is 40.9 Å². The Morgan fingerprint density at radius 2 is 2.10 bits per heavy atom. The first-order chi connectivity index (χ1) is 10.1. The van der Waals surface area contributed by atoms with E-state index in [1.807, 2.05) is 12.1 Å². The third kappa shape index (κ3) is 3.07. The number of nitroso groups, excluding NO2 is 1. The zero-order valence-electron chi connectivity index (χ0n) is 11.7. The van der Waals surface area contributed by atoms with Crippen LogP contribution < -0.4 is 5.32 Å². The molecule has 1 aromatic carbocycles. The molecule has 0 aliphatic carbocycles. The van der Waals surface area contributed by atoms with Crippen LogP contribution in [0.1, 0.15) is 12.5 Å². The molecule has 7 heteroatoms. The average molecular weight is 289 g/mol. The Morgan fingerprint density at radius 3 is 2.71 bits per heavy atom. The molecule has 0 unspecified atom stereocenters. The molecule has 0 aliphatic heterocycles. The van der Waals surface area contributed by atoms with E-state index in [1.54, 1.807) is 18.3 Å². The van der Waals surface area contributed by atoms with Crippen molar-refractivity contribution in [3.8, 4) is 0 Å². The fourth-order valence-corrected chi connectivity index (χ4v) is 2.26. The quantitative estimate of drug-likeness (QED) is 0.665. The van der Waals surface area contributed by atoms with Gasteiger partial charge in [-0.3, -0.25) is 4.79 Å². The smallest absolute Gasteiger partial charge is 0.328 e. The van der Waals surface area contributed by atoms with Crippen LogP contribution >= 0.6 is 0 Å². The third-order valence-corrected chi connectivity index (χ3v) is 3.15. The predicted octanol–water partition coefficient (Wildman–Crippen LogP) is 1.39. The van der Waals surface area contributed by atoms with E-state index in [-0.39, 0.29) is 12.3 Å². The number of methoxy groups -OCH3 is 1. The van der Waals surface area contributed by atoms with Gasteiger partial charge < -0.3 is 10.1 Å². The highest BCUT2D eigenvalue weighted by molar-refractivity contribution is 5.87. The molecule has 1 heterocycles. The van der Waals surface area contributed by atoms with E-state index in [0.717, 1.165) is 10.9 Å². The molecule has 2 aromatic rings. The molecule has 7 nitrogen and oxygen atoms in total. The van der Waals surface area contributed by atoms with E-state index in [2.05, 4.69) is 15.3 Å². The number of esters is 1.